The van der Waals surface area contributed by atoms with Crippen LogP contribution >= 0.6 is 0 Å². The number of carbonyl (C=O) groups excluding carboxylic acids is 1. The van der Waals surface area contributed by atoms with Crippen LogP contribution in [-0.4, -0.2) is 25.7 Å². The predicted molar refractivity (Wildman–Crippen MR) is 78.8 cm³/mol. The Bertz CT molecular complexity index is 405. The Morgan fingerprint density at radius 1 is 1.53 bits per heavy atom. The normalized spacial score (nSPS) is 23.5. The minimum atomic E-state index is -0.236. The Morgan fingerprint density at radius 3 is 2.79 bits per heavy atom. The van der Waals surface area contributed by atoms with Gasteiger partial charge in [-0.25, -0.2) is 0 Å². The second kappa shape index (κ2) is 7.29. The highest BCUT2D eigenvalue weighted by molar-refractivity contribution is 5.76. The lowest BCUT2D eigenvalue weighted by Crippen LogP contribution is -2.40. The molecule has 0 saturated heterocycles. The van der Waals surface area contributed by atoms with Gasteiger partial charge in [-0.05, 0) is 19.8 Å². The van der Waals surface area contributed by atoms with Gasteiger partial charge in [0, 0.05) is 12.6 Å². The molecule has 19 heavy (non-hydrogen) atoms. The largest absolute Gasteiger partial charge is 0.469 e. The van der Waals surface area contributed by atoms with Crippen LogP contribution in [-0.2, 0) is 9.53 Å². The van der Waals surface area contributed by atoms with E-state index in [1.165, 1.54) is 18.3 Å². The third kappa shape index (κ3) is 5.03. The summed E-state index contributed by atoms with van der Waals surface area (Å²) in [4.78, 5) is 11.7. The van der Waals surface area contributed by atoms with Crippen LogP contribution in [0.2, 0.25) is 0 Å². The molecule has 0 heterocycles. The average molecular weight is 263 g/mol. The van der Waals surface area contributed by atoms with E-state index >= 15 is 0 Å². The zero-order chi connectivity index (χ0) is 14.4. The summed E-state index contributed by atoms with van der Waals surface area (Å²) in [6.07, 6.45) is 8.20. The van der Waals surface area contributed by atoms with Crippen LogP contribution in [0.1, 0.15) is 27.7 Å². The van der Waals surface area contributed by atoms with Crippen molar-refractivity contribution in [3.8, 4) is 0 Å². The molecule has 0 spiro atoms. The lowest BCUT2D eigenvalue weighted by atomic mass is 9.92. The summed E-state index contributed by atoms with van der Waals surface area (Å²) in [5.74, 6) is 0.116. The minimum absolute atomic E-state index is 0.00737. The van der Waals surface area contributed by atoms with Gasteiger partial charge in [-0.3, -0.25) is 4.79 Å². The lowest BCUT2D eigenvalue weighted by molar-refractivity contribution is -0.144. The molecule has 1 rings (SSSR count). The third-order valence-electron chi connectivity index (χ3n) is 3.10. The number of hydrogen-bond donors (Lipinski definition) is 1. The fraction of sp³-hybridized carbons (Fsp3) is 0.562. The third-order valence-corrected chi connectivity index (χ3v) is 3.10. The number of rotatable bonds is 5. The number of methoxy groups -OCH3 is 1. The van der Waals surface area contributed by atoms with Crippen molar-refractivity contribution < 1.29 is 9.53 Å². The molecule has 3 heteroatoms. The first kappa shape index (κ1) is 15.7. The van der Waals surface area contributed by atoms with Gasteiger partial charge in [-0.15, -0.1) is 0 Å². The molecule has 0 aromatic rings. The highest BCUT2D eigenvalue weighted by atomic mass is 16.5. The Morgan fingerprint density at radius 2 is 2.21 bits per heavy atom. The molecule has 0 aromatic heterocycles. The van der Waals surface area contributed by atoms with Gasteiger partial charge < -0.3 is 10.1 Å². The summed E-state index contributed by atoms with van der Waals surface area (Å²) < 4.78 is 4.85. The molecule has 0 saturated carbocycles. The molecule has 0 fully saturated rings. The molecule has 0 bridgehead atoms. The summed E-state index contributed by atoms with van der Waals surface area (Å²) >= 11 is 0. The van der Waals surface area contributed by atoms with Gasteiger partial charge >= 0.3 is 5.97 Å². The summed E-state index contributed by atoms with van der Waals surface area (Å²) in [5.41, 5.74) is 2.46. The number of hydrogen-bond acceptors (Lipinski definition) is 3. The van der Waals surface area contributed by atoms with E-state index in [4.69, 9.17) is 4.74 Å². The van der Waals surface area contributed by atoms with Gasteiger partial charge in [0.25, 0.3) is 0 Å². The van der Waals surface area contributed by atoms with Crippen LogP contribution in [0.3, 0.4) is 0 Å². The van der Waals surface area contributed by atoms with E-state index in [-0.39, 0.29) is 17.9 Å². The van der Waals surface area contributed by atoms with Crippen LogP contribution in [0, 0.1) is 11.8 Å². The molecule has 0 aliphatic heterocycles. The van der Waals surface area contributed by atoms with Crippen LogP contribution in [0.15, 0.2) is 35.5 Å². The van der Waals surface area contributed by atoms with E-state index in [1.54, 1.807) is 0 Å². The summed E-state index contributed by atoms with van der Waals surface area (Å²) in [7, 11) is 1.43. The molecule has 1 unspecified atom stereocenters. The van der Waals surface area contributed by atoms with Gasteiger partial charge in [0.1, 0.15) is 0 Å². The second-order valence-electron chi connectivity index (χ2n) is 5.48. The van der Waals surface area contributed by atoms with E-state index in [2.05, 4.69) is 38.2 Å². The van der Waals surface area contributed by atoms with Crippen molar-refractivity contribution in [2.75, 3.05) is 13.7 Å². The lowest BCUT2D eigenvalue weighted by Gasteiger charge is -2.25. The monoisotopic (exact) mass is 263 g/mol. The Kier molecular flexibility index (Phi) is 6.03. The van der Waals surface area contributed by atoms with Crippen molar-refractivity contribution in [2.45, 2.75) is 33.7 Å². The smallest absolute Gasteiger partial charge is 0.314 e. The maximum absolute atomic E-state index is 11.7. The van der Waals surface area contributed by atoms with E-state index < -0.39 is 0 Å². The minimum Gasteiger partial charge on any atom is -0.469 e. The standard InChI is InChI=1S/C16H25NO2/c1-11(2)8-13(4)10-17-15-9-12(3)6-7-14(15)16(18)19-5/h6-9,11,14-15,17H,10H2,1-5H3/b13-8-/t14-,15?/m1/s1. The Labute approximate surface area is 116 Å². The van der Waals surface area contributed by atoms with Crippen LogP contribution in [0.5, 0.6) is 0 Å². The van der Waals surface area contributed by atoms with Crippen LogP contribution in [0.25, 0.3) is 0 Å². The van der Waals surface area contributed by atoms with Gasteiger partial charge in [-0.1, -0.05) is 49.3 Å². The van der Waals surface area contributed by atoms with Crippen molar-refractivity contribution in [1.29, 1.82) is 0 Å². The summed E-state index contributed by atoms with van der Waals surface area (Å²) in [6, 6.07) is 0.00737. The molecule has 3 nitrogen and oxygen atoms in total. The van der Waals surface area contributed by atoms with Gasteiger partial charge in [-0.2, -0.15) is 0 Å². The zero-order valence-corrected chi connectivity index (χ0v) is 12.6. The van der Waals surface area contributed by atoms with Crippen molar-refractivity contribution in [3.05, 3.63) is 35.5 Å². The van der Waals surface area contributed by atoms with Gasteiger partial charge in [0.2, 0.25) is 0 Å². The number of esters is 1. The fourth-order valence-electron chi connectivity index (χ4n) is 2.27. The number of nitrogens with one attached hydrogen (secondary N) is 1. The maximum atomic E-state index is 11.7. The first-order valence-corrected chi connectivity index (χ1v) is 6.79. The highest BCUT2D eigenvalue weighted by Crippen LogP contribution is 2.18. The van der Waals surface area contributed by atoms with E-state index in [1.807, 2.05) is 19.1 Å². The SMILES string of the molecule is COC(=O)[C@@H]1C=CC(C)=CC1NC/C(C)=C\C(C)C. The molecule has 106 valence electrons. The second-order valence-corrected chi connectivity index (χ2v) is 5.48. The molecular weight excluding hydrogens is 238 g/mol. The van der Waals surface area contributed by atoms with Crippen LogP contribution < -0.4 is 5.32 Å². The van der Waals surface area contributed by atoms with Crippen molar-refractivity contribution in [3.63, 3.8) is 0 Å². The molecule has 1 N–H and O–H groups in total. The first-order valence-electron chi connectivity index (χ1n) is 6.79. The highest BCUT2D eigenvalue weighted by Gasteiger charge is 2.27. The topological polar surface area (TPSA) is 38.3 Å². The van der Waals surface area contributed by atoms with E-state index in [9.17, 15) is 4.79 Å². The molecule has 0 amide bonds. The quantitative estimate of drug-likeness (QED) is 0.612. The fourth-order valence-corrected chi connectivity index (χ4v) is 2.27. The van der Waals surface area contributed by atoms with Gasteiger partial charge in [0.15, 0.2) is 0 Å². The van der Waals surface area contributed by atoms with Crippen molar-refractivity contribution in [1.82, 2.24) is 5.32 Å². The van der Waals surface area contributed by atoms with E-state index in [0.717, 1.165) is 6.54 Å². The Balaban J connectivity index is 2.67. The van der Waals surface area contributed by atoms with Crippen LogP contribution in [0.4, 0.5) is 0 Å². The summed E-state index contributed by atoms with van der Waals surface area (Å²) in [5, 5.41) is 3.43. The molecule has 1 aliphatic rings. The number of ether oxygens (including phenoxy) is 1. The molecule has 2 atom stereocenters. The Hall–Kier alpha value is -1.35. The molecule has 0 aromatic carbocycles. The van der Waals surface area contributed by atoms with E-state index in [0.29, 0.717) is 5.92 Å². The average Bonchev–Trinajstić information content (AvgIpc) is 2.34. The summed E-state index contributed by atoms with van der Waals surface area (Å²) in [6.45, 7) is 9.25. The maximum Gasteiger partial charge on any atom is 0.314 e. The van der Waals surface area contributed by atoms with Crippen molar-refractivity contribution >= 4 is 5.97 Å². The zero-order valence-electron chi connectivity index (χ0n) is 12.6. The van der Waals surface area contributed by atoms with Gasteiger partial charge in [0.05, 0.1) is 13.0 Å². The first-order chi connectivity index (χ1) is 8.93. The number of allylic oxidation sites excluding steroid dienone is 3. The predicted octanol–water partition coefficient (Wildman–Crippen LogP) is 2.85. The molecule has 1 aliphatic carbocycles. The molecule has 0 radical (unpaired) electrons. The van der Waals surface area contributed by atoms with Crippen molar-refractivity contribution in [2.24, 2.45) is 11.8 Å². The molecular formula is C16H25NO2. The number of carbonyl (C=O) groups is 1.